The van der Waals surface area contributed by atoms with Gasteiger partial charge in [0.1, 0.15) is 12.3 Å². The number of aromatic nitrogens is 1. The minimum atomic E-state index is -0.457. The van der Waals surface area contributed by atoms with E-state index >= 15 is 0 Å². The Morgan fingerprint density at radius 2 is 1.90 bits per heavy atom. The second-order valence-electron chi connectivity index (χ2n) is 6.33. The highest BCUT2D eigenvalue weighted by molar-refractivity contribution is 7.16. The number of thiazole rings is 1. The van der Waals surface area contributed by atoms with Crippen molar-refractivity contribution in [3.63, 3.8) is 0 Å². The molecule has 0 unspecified atom stereocenters. The lowest BCUT2D eigenvalue weighted by atomic mass is 10.3. The first-order chi connectivity index (χ1) is 14.5. The van der Waals surface area contributed by atoms with Crippen molar-refractivity contribution in [3.05, 3.63) is 53.3 Å². The second kappa shape index (κ2) is 9.84. The molecule has 1 N–H and O–H groups in total. The summed E-state index contributed by atoms with van der Waals surface area (Å²) in [7, 11) is 1.30. The van der Waals surface area contributed by atoms with Crippen LogP contribution < -0.4 is 14.9 Å². The van der Waals surface area contributed by atoms with E-state index in [1.807, 2.05) is 30.3 Å². The Kier molecular flexibility index (Phi) is 6.97. The Morgan fingerprint density at radius 1 is 1.13 bits per heavy atom. The van der Waals surface area contributed by atoms with Gasteiger partial charge < -0.3 is 19.4 Å². The molecule has 0 aliphatic rings. The highest BCUT2D eigenvalue weighted by Crippen LogP contribution is 2.22. The fourth-order valence-electron chi connectivity index (χ4n) is 2.72. The summed E-state index contributed by atoms with van der Waals surface area (Å²) in [5, 5.41) is 2.71. The molecular formula is C21H21N3O5S. The molecule has 2 amide bonds. The van der Waals surface area contributed by atoms with Crippen LogP contribution in [0.25, 0.3) is 10.2 Å². The number of rotatable bonds is 7. The second-order valence-corrected chi connectivity index (χ2v) is 7.34. The van der Waals surface area contributed by atoms with Gasteiger partial charge in [-0.05, 0) is 30.3 Å². The Labute approximate surface area is 176 Å². The van der Waals surface area contributed by atoms with Crippen molar-refractivity contribution in [1.82, 2.24) is 4.57 Å². The third-order valence-corrected chi connectivity index (χ3v) is 5.11. The number of ether oxygens (including phenoxy) is 2. The number of carbonyl (C=O) groups is 3. The Bertz CT molecular complexity index is 1130. The van der Waals surface area contributed by atoms with Gasteiger partial charge in [0.15, 0.2) is 4.80 Å². The van der Waals surface area contributed by atoms with Gasteiger partial charge >= 0.3 is 5.97 Å². The van der Waals surface area contributed by atoms with E-state index in [1.165, 1.54) is 25.4 Å². The van der Waals surface area contributed by atoms with Gasteiger partial charge in [-0.15, -0.1) is 0 Å². The number of esters is 1. The summed E-state index contributed by atoms with van der Waals surface area (Å²) in [5.74, 6) is -0.328. The van der Waals surface area contributed by atoms with Crippen LogP contribution in [-0.4, -0.2) is 36.1 Å². The molecule has 3 aromatic rings. The summed E-state index contributed by atoms with van der Waals surface area (Å²) in [6.45, 7) is 1.54. The number of benzene rings is 2. The number of fused-ring (bicyclic) bond motifs is 1. The van der Waals surface area contributed by atoms with Gasteiger partial charge in [0.05, 0.1) is 30.4 Å². The van der Waals surface area contributed by atoms with Crippen molar-refractivity contribution in [3.8, 4) is 5.75 Å². The SMILES string of the molecule is COC(=O)Cn1c(=NC(=O)CCOc2ccccc2)sc2cc(NC(C)=O)ccc21. The van der Waals surface area contributed by atoms with Crippen molar-refractivity contribution in [2.75, 3.05) is 19.0 Å². The minimum absolute atomic E-state index is 0.0807. The summed E-state index contributed by atoms with van der Waals surface area (Å²) < 4.78 is 12.7. The van der Waals surface area contributed by atoms with Crippen molar-refractivity contribution >= 4 is 45.0 Å². The van der Waals surface area contributed by atoms with Crippen LogP contribution in [0.4, 0.5) is 5.69 Å². The minimum Gasteiger partial charge on any atom is -0.493 e. The number of hydrogen-bond acceptors (Lipinski definition) is 6. The lowest BCUT2D eigenvalue weighted by molar-refractivity contribution is -0.141. The smallest absolute Gasteiger partial charge is 0.325 e. The number of nitrogens with one attached hydrogen (secondary N) is 1. The number of carbonyl (C=O) groups excluding carboxylic acids is 3. The highest BCUT2D eigenvalue weighted by Gasteiger charge is 2.13. The first kappa shape index (κ1) is 21.3. The molecule has 2 aromatic carbocycles. The first-order valence-electron chi connectivity index (χ1n) is 9.19. The van der Waals surface area contributed by atoms with E-state index in [-0.39, 0.29) is 31.4 Å². The fourth-order valence-corrected chi connectivity index (χ4v) is 3.81. The van der Waals surface area contributed by atoms with Gasteiger partial charge in [-0.1, -0.05) is 29.5 Å². The molecule has 9 heteroatoms. The first-order valence-corrected chi connectivity index (χ1v) is 10.0. The van der Waals surface area contributed by atoms with E-state index in [9.17, 15) is 14.4 Å². The molecule has 0 atom stereocenters. The molecule has 0 aliphatic heterocycles. The maximum absolute atomic E-state index is 12.4. The molecule has 1 heterocycles. The molecule has 0 radical (unpaired) electrons. The van der Waals surface area contributed by atoms with Gasteiger partial charge in [0.2, 0.25) is 5.91 Å². The largest absolute Gasteiger partial charge is 0.493 e. The van der Waals surface area contributed by atoms with Crippen molar-refractivity contribution in [2.45, 2.75) is 19.9 Å². The van der Waals surface area contributed by atoms with Crippen LogP contribution in [0.1, 0.15) is 13.3 Å². The Hall–Kier alpha value is -3.46. The molecule has 0 saturated heterocycles. The quantitative estimate of drug-likeness (QED) is 0.585. The van der Waals surface area contributed by atoms with Crippen LogP contribution >= 0.6 is 11.3 Å². The van der Waals surface area contributed by atoms with Gasteiger partial charge in [-0.3, -0.25) is 14.4 Å². The molecule has 0 bridgehead atoms. The summed E-state index contributed by atoms with van der Waals surface area (Å²) >= 11 is 1.25. The summed E-state index contributed by atoms with van der Waals surface area (Å²) in [6.07, 6.45) is 0.0957. The maximum atomic E-state index is 12.4. The van der Waals surface area contributed by atoms with E-state index in [0.29, 0.717) is 21.8 Å². The number of methoxy groups -OCH3 is 1. The summed E-state index contributed by atoms with van der Waals surface area (Å²) in [4.78, 5) is 40.1. The van der Waals surface area contributed by atoms with E-state index in [4.69, 9.17) is 9.47 Å². The van der Waals surface area contributed by atoms with Gasteiger partial charge in [-0.25, -0.2) is 0 Å². The van der Waals surface area contributed by atoms with Crippen LogP contribution in [-0.2, 0) is 25.7 Å². The third-order valence-electron chi connectivity index (χ3n) is 4.07. The molecule has 0 saturated carbocycles. The standard InChI is InChI=1S/C21H21N3O5S/c1-14(25)22-15-8-9-17-18(12-15)30-21(24(17)13-20(27)28-2)23-19(26)10-11-29-16-6-4-3-5-7-16/h3-9,12H,10-11,13H2,1-2H3,(H,22,25). The fraction of sp³-hybridized carbons (Fsp3) is 0.238. The molecular weight excluding hydrogens is 406 g/mol. The van der Waals surface area contributed by atoms with Crippen molar-refractivity contribution in [2.24, 2.45) is 4.99 Å². The van der Waals surface area contributed by atoms with Gasteiger partial charge in [0, 0.05) is 12.6 Å². The zero-order valence-electron chi connectivity index (χ0n) is 16.6. The number of para-hydroxylation sites is 1. The van der Waals surface area contributed by atoms with Gasteiger partial charge in [0.25, 0.3) is 5.91 Å². The van der Waals surface area contributed by atoms with Crippen LogP contribution in [0, 0.1) is 0 Å². The predicted octanol–water partition coefficient (Wildman–Crippen LogP) is 2.73. The molecule has 0 spiro atoms. The number of anilines is 1. The lowest BCUT2D eigenvalue weighted by Crippen LogP contribution is -2.22. The molecule has 8 nitrogen and oxygen atoms in total. The average molecular weight is 427 g/mol. The molecule has 1 aromatic heterocycles. The van der Waals surface area contributed by atoms with E-state index < -0.39 is 5.97 Å². The summed E-state index contributed by atoms with van der Waals surface area (Å²) in [6, 6.07) is 14.5. The topological polar surface area (TPSA) is 99.0 Å². The van der Waals surface area contributed by atoms with Crippen molar-refractivity contribution < 1.29 is 23.9 Å². The third kappa shape index (κ3) is 5.54. The summed E-state index contributed by atoms with van der Waals surface area (Å²) in [5.41, 5.74) is 1.34. The van der Waals surface area contributed by atoms with E-state index in [0.717, 1.165) is 4.70 Å². The van der Waals surface area contributed by atoms with Crippen LogP contribution in [0.15, 0.2) is 53.5 Å². The number of nitrogens with zero attached hydrogens (tertiary/aromatic N) is 2. The maximum Gasteiger partial charge on any atom is 0.325 e. The zero-order valence-corrected chi connectivity index (χ0v) is 17.4. The van der Waals surface area contributed by atoms with E-state index in [2.05, 4.69) is 10.3 Å². The van der Waals surface area contributed by atoms with Crippen LogP contribution in [0.3, 0.4) is 0 Å². The monoisotopic (exact) mass is 427 g/mol. The molecule has 0 aliphatic carbocycles. The van der Waals surface area contributed by atoms with E-state index in [1.54, 1.807) is 22.8 Å². The number of amides is 2. The Balaban J connectivity index is 1.85. The molecule has 3 rings (SSSR count). The normalized spacial score (nSPS) is 11.3. The van der Waals surface area contributed by atoms with Crippen molar-refractivity contribution in [1.29, 1.82) is 0 Å². The predicted molar refractivity (Wildman–Crippen MR) is 113 cm³/mol. The average Bonchev–Trinajstić information content (AvgIpc) is 3.04. The number of hydrogen-bond donors (Lipinski definition) is 1. The van der Waals surface area contributed by atoms with Gasteiger partial charge in [-0.2, -0.15) is 4.99 Å². The molecule has 0 fully saturated rings. The zero-order chi connectivity index (χ0) is 21.5. The lowest BCUT2D eigenvalue weighted by Gasteiger charge is -2.05. The Morgan fingerprint density at radius 3 is 2.60 bits per heavy atom. The molecule has 156 valence electrons. The van der Waals surface area contributed by atoms with Crippen LogP contribution in [0.5, 0.6) is 5.75 Å². The highest BCUT2D eigenvalue weighted by atomic mass is 32.1. The van der Waals surface area contributed by atoms with Crippen LogP contribution in [0.2, 0.25) is 0 Å². The molecule has 30 heavy (non-hydrogen) atoms.